The molecule has 1 unspecified atom stereocenters. The Balaban J connectivity index is 2.70. The van der Waals surface area contributed by atoms with Crippen LogP contribution in [0.25, 0.3) is 0 Å². The lowest BCUT2D eigenvalue weighted by Crippen LogP contribution is -2.59. The smallest absolute Gasteiger partial charge is 0.0637 e. The van der Waals surface area contributed by atoms with Gasteiger partial charge in [-0.25, -0.2) is 0 Å². The molecule has 96 valence electrons. The Hall–Kier alpha value is -0.120. The minimum Gasteiger partial charge on any atom is -0.380 e. The number of nitrogens with zero attached hydrogens (tertiary/aromatic N) is 1. The fourth-order valence-electron chi connectivity index (χ4n) is 2.98. The van der Waals surface area contributed by atoms with Crippen molar-refractivity contribution in [3.63, 3.8) is 0 Å². The lowest BCUT2D eigenvalue weighted by molar-refractivity contribution is 0.0376. The lowest BCUT2D eigenvalue weighted by atomic mass is 9.87. The van der Waals surface area contributed by atoms with Crippen molar-refractivity contribution in [1.82, 2.24) is 10.2 Å². The molecule has 1 N–H and O–H groups in total. The summed E-state index contributed by atoms with van der Waals surface area (Å²) in [6.07, 6.45) is 5.30. The van der Waals surface area contributed by atoms with E-state index in [0.717, 1.165) is 19.8 Å². The van der Waals surface area contributed by atoms with Crippen LogP contribution in [0.4, 0.5) is 0 Å². The van der Waals surface area contributed by atoms with E-state index in [1.165, 1.54) is 25.7 Å². The van der Waals surface area contributed by atoms with E-state index >= 15 is 0 Å². The Morgan fingerprint density at radius 3 is 2.31 bits per heavy atom. The summed E-state index contributed by atoms with van der Waals surface area (Å²) in [4.78, 5) is 2.41. The summed E-state index contributed by atoms with van der Waals surface area (Å²) in [5.41, 5.74) is 0.311. The zero-order chi connectivity index (χ0) is 12.0. The average molecular weight is 228 g/mol. The number of nitrogens with one attached hydrogen (secondary N) is 1. The van der Waals surface area contributed by atoms with Crippen LogP contribution in [0, 0.1) is 0 Å². The van der Waals surface area contributed by atoms with Gasteiger partial charge in [0.2, 0.25) is 0 Å². The SMILES string of the molecule is CCNC(COCC)C1(N(C)C)CCCC1. The average Bonchev–Trinajstić information content (AvgIpc) is 2.74. The molecule has 1 aliphatic rings. The van der Waals surface area contributed by atoms with Gasteiger partial charge in [0.15, 0.2) is 0 Å². The van der Waals surface area contributed by atoms with Gasteiger partial charge in [0, 0.05) is 18.2 Å². The molecule has 0 amide bonds. The summed E-state index contributed by atoms with van der Waals surface area (Å²) < 4.78 is 5.65. The van der Waals surface area contributed by atoms with Gasteiger partial charge in [-0.2, -0.15) is 0 Å². The molecule has 1 fully saturated rings. The van der Waals surface area contributed by atoms with Crippen molar-refractivity contribution in [2.75, 3.05) is 33.9 Å². The molecule has 1 saturated carbocycles. The Morgan fingerprint density at radius 1 is 1.25 bits per heavy atom. The third-order valence-electron chi connectivity index (χ3n) is 3.95. The fourth-order valence-corrected chi connectivity index (χ4v) is 2.98. The molecule has 0 aromatic rings. The van der Waals surface area contributed by atoms with E-state index in [4.69, 9.17) is 4.74 Å². The standard InChI is InChI=1S/C13H28N2O/c1-5-14-12(11-16-6-2)13(15(3)4)9-7-8-10-13/h12,14H,5-11H2,1-4H3. The molecule has 3 heteroatoms. The van der Waals surface area contributed by atoms with Crippen LogP contribution in [-0.4, -0.2) is 50.3 Å². The first-order chi connectivity index (χ1) is 7.67. The number of likely N-dealkylation sites (N-methyl/N-ethyl adjacent to an activating group) is 2. The molecule has 0 saturated heterocycles. The zero-order valence-electron chi connectivity index (χ0n) is 11.4. The second-order valence-electron chi connectivity index (χ2n) is 4.97. The molecule has 0 spiro atoms. The quantitative estimate of drug-likeness (QED) is 0.720. The third kappa shape index (κ3) is 2.96. The Kier molecular flexibility index (Phi) is 5.73. The van der Waals surface area contributed by atoms with Crippen LogP contribution in [-0.2, 0) is 4.74 Å². The summed E-state index contributed by atoms with van der Waals surface area (Å²) in [6, 6.07) is 0.468. The number of hydrogen-bond donors (Lipinski definition) is 1. The van der Waals surface area contributed by atoms with Crippen LogP contribution in [0.15, 0.2) is 0 Å². The van der Waals surface area contributed by atoms with Crippen molar-refractivity contribution in [2.24, 2.45) is 0 Å². The van der Waals surface area contributed by atoms with Gasteiger partial charge < -0.3 is 15.0 Å². The van der Waals surface area contributed by atoms with Gasteiger partial charge in [-0.15, -0.1) is 0 Å². The predicted octanol–water partition coefficient (Wildman–Crippen LogP) is 1.88. The summed E-state index contributed by atoms with van der Waals surface area (Å²) >= 11 is 0. The first-order valence-electron chi connectivity index (χ1n) is 6.66. The lowest BCUT2D eigenvalue weighted by Gasteiger charge is -2.43. The highest BCUT2D eigenvalue weighted by Gasteiger charge is 2.42. The Bertz CT molecular complexity index is 188. The highest BCUT2D eigenvalue weighted by molar-refractivity contribution is 5.01. The fraction of sp³-hybridized carbons (Fsp3) is 1.00. The molecule has 1 rings (SSSR count). The van der Waals surface area contributed by atoms with Crippen LogP contribution in [0.1, 0.15) is 39.5 Å². The van der Waals surface area contributed by atoms with Crippen LogP contribution < -0.4 is 5.32 Å². The largest absolute Gasteiger partial charge is 0.380 e. The maximum atomic E-state index is 5.65. The van der Waals surface area contributed by atoms with Crippen molar-refractivity contribution in [3.05, 3.63) is 0 Å². The van der Waals surface area contributed by atoms with E-state index in [9.17, 15) is 0 Å². The van der Waals surface area contributed by atoms with Crippen LogP contribution >= 0.6 is 0 Å². The molecule has 3 nitrogen and oxygen atoms in total. The maximum Gasteiger partial charge on any atom is 0.0637 e. The number of ether oxygens (including phenoxy) is 1. The third-order valence-corrected chi connectivity index (χ3v) is 3.95. The number of hydrogen-bond acceptors (Lipinski definition) is 3. The van der Waals surface area contributed by atoms with E-state index in [2.05, 4.69) is 38.2 Å². The van der Waals surface area contributed by atoms with Gasteiger partial charge in [0.25, 0.3) is 0 Å². The Labute approximate surface area is 101 Å². The van der Waals surface area contributed by atoms with E-state index in [1.807, 2.05) is 0 Å². The number of rotatable bonds is 7. The summed E-state index contributed by atoms with van der Waals surface area (Å²) in [7, 11) is 4.42. The summed E-state index contributed by atoms with van der Waals surface area (Å²) in [6.45, 7) is 6.92. The molecule has 0 aromatic heterocycles. The normalized spacial score (nSPS) is 21.6. The molecule has 16 heavy (non-hydrogen) atoms. The topological polar surface area (TPSA) is 24.5 Å². The molecule has 1 atom stereocenters. The van der Waals surface area contributed by atoms with Gasteiger partial charge in [-0.05, 0) is 40.4 Å². The second kappa shape index (κ2) is 6.58. The molecule has 0 bridgehead atoms. The Morgan fingerprint density at radius 2 is 1.88 bits per heavy atom. The maximum absolute atomic E-state index is 5.65. The molecular weight excluding hydrogens is 200 g/mol. The minimum atomic E-state index is 0.311. The highest BCUT2D eigenvalue weighted by Crippen LogP contribution is 2.36. The van der Waals surface area contributed by atoms with Gasteiger partial charge in [0.05, 0.1) is 6.61 Å². The van der Waals surface area contributed by atoms with Crippen molar-refractivity contribution >= 4 is 0 Å². The summed E-state index contributed by atoms with van der Waals surface area (Å²) in [5.74, 6) is 0. The van der Waals surface area contributed by atoms with Crippen LogP contribution in [0.3, 0.4) is 0 Å². The van der Waals surface area contributed by atoms with Crippen LogP contribution in [0.5, 0.6) is 0 Å². The molecular formula is C13H28N2O. The molecule has 0 aromatic carbocycles. The first kappa shape index (κ1) is 13.9. The van der Waals surface area contributed by atoms with Gasteiger partial charge in [0.1, 0.15) is 0 Å². The predicted molar refractivity (Wildman–Crippen MR) is 68.8 cm³/mol. The molecule has 0 radical (unpaired) electrons. The van der Waals surface area contributed by atoms with E-state index in [-0.39, 0.29) is 0 Å². The van der Waals surface area contributed by atoms with Gasteiger partial charge in [-0.3, -0.25) is 0 Å². The van der Waals surface area contributed by atoms with E-state index in [1.54, 1.807) is 0 Å². The van der Waals surface area contributed by atoms with Crippen molar-refractivity contribution in [1.29, 1.82) is 0 Å². The molecule has 1 aliphatic carbocycles. The monoisotopic (exact) mass is 228 g/mol. The first-order valence-corrected chi connectivity index (χ1v) is 6.66. The van der Waals surface area contributed by atoms with Crippen molar-refractivity contribution in [2.45, 2.75) is 51.1 Å². The zero-order valence-corrected chi connectivity index (χ0v) is 11.4. The van der Waals surface area contributed by atoms with Gasteiger partial charge >= 0.3 is 0 Å². The molecule has 0 heterocycles. The van der Waals surface area contributed by atoms with Crippen LogP contribution in [0.2, 0.25) is 0 Å². The van der Waals surface area contributed by atoms with E-state index in [0.29, 0.717) is 11.6 Å². The highest BCUT2D eigenvalue weighted by atomic mass is 16.5. The second-order valence-corrected chi connectivity index (χ2v) is 4.97. The van der Waals surface area contributed by atoms with E-state index < -0.39 is 0 Å². The van der Waals surface area contributed by atoms with Crippen molar-refractivity contribution < 1.29 is 4.74 Å². The van der Waals surface area contributed by atoms with Gasteiger partial charge in [-0.1, -0.05) is 19.8 Å². The minimum absolute atomic E-state index is 0.311. The molecule has 0 aliphatic heterocycles. The summed E-state index contributed by atoms with van der Waals surface area (Å²) in [5, 5.41) is 3.61. The van der Waals surface area contributed by atoms with Crippen molar-refractivity contribution in [3.8, 4) is 0 Å².